The van der Waals surface area contributed by atoms with Crippen LogP contribution in [0.5, 0.6) is 0 Å². The summed E-state index contributed by atoms with van der Waals surface area (Å²) in [5.74, 6) is -0.483. The van der Waals surface area contributed by atoms with Crippen LogP contribution in [0, 0.1) is 0 Å². The molecule has 3 aromatic rings. The number of aromatic nitrogens is 1. The molecule has 1 N–H and O–H groups in total. The third-order valence-electron chi connectivity index (χ3n) is 6.76. The van der Waals surface area contributed by atoms with Gasteiger partial charge in [-0.2, -0.15) is 0 Å². The number of hydrogen-bond donors (Lipinski definition) is 1. The number of carbonyl (C=O) groups is 3. The number of amides is 3. The van der Waals surface area contributed by atoms with E-state index >= 15 is 0 Å². The standard InChI is InChI=1S/C28H27Cl2N3O4S/c1-2-17-5-3-7-22-19(14-32(26(17)22)16-25(34)31-13-21-6-4-10-37-21)11-24-27(35)33(28(36)38-24)15-18-8-9-20(29)12-23(18)30/h3,5,7-9,11-12,14,21H,2,4,6,10,13,15-16H2,1H3,(H,31,34)/b24-11-/t21-/m1/s1. The predicted octanol–water partition coefficient (Wildman–Crippen LogP) is 6.04. The zero-order valence-electron chi connectivity index (χ0n) is 20.8. The molecular formula is C28H27Cl2N3O4S. The summed E-state index contributed by atoms with van der Waals surface area (Å²) in [6.45, 7) is 3.51. The summed E-state index contributed by atoms with van der Waals surface area (Å²) in [5, 5.41) is 4.42. The summed E-state index contributed by atoms with van der Waals surface area (Å²) in [7, 11) is 0. The van der Waals surface area contributed by atoms with Crippen LogP contribution in [0.2, 0.25) is 10.0 Å². The number of hydrogen-bond acceptors (Lipinski definition) is 5. The van der Waals surface area contributed by atoms with Gasteiger partial charge < -0.3 is 14.6 Å². The van der Waals surface area contributed by atoms with Crippen molar-refractivity contribution >= 4 is 69.0 Å². The molecule has 2 aliphatic rings. The molecule has 2 aliphatic heterocycles. The normalized spacial score (nSPS) is 18.8. The number of fused-ring (bicyclic) bond motifs is 1. The van der Waals surface area contributed by atoms with Crippen LogP contribution in [0.3, 0.4) is 0 Å². The van der Waals surface area contributed by atoms with Crippen LogP contribution in [0.25, 0.3) is 17.0 Å². The molecule has 3 amide bonds. The summed E-state index contributed by atoms with van der Waals surface area (Å²) >= 11 is 13.1. The second-order valence-electron chi connectivity index (χ2n) is 9.32. The highest BCUT2D eigenvalue weighted by Gasteiger charge is 2.35. The topological polar surface area (TPSA) is 80.6 Å². The Kier molecular flexibility index (Phi) is 8.14. The molecule has 1 atom stereocenters. The number of carbonyl (C=O) groups excluding carboxylic acids is 3. The number of halogens is 2. The minimum atomic E-state index is -0.382. The molecule has 2 fully saturated rings. The van der Waals surface area contributed by atoms with Crippen molar-refractivity contribution in [3.05, 3.63) is 74.2 Å². The van der Waals surface area contributed by atoms with Crippen LogP contribution in [-0.2, 0) is 33.8 Å². The van der Waals surface area contributed by atoms with Gasteiger partial charge in [0.2, 0.25) is 5.91 Å². The van der Waals surface area contributed by atoms with E-state index in [4.69, 9.17) is 27.9 Å². The van der Waals surface area contributed by atoms with Gasteiger partial charge in [0.15, 0.2) is 0 Å². The summed E-state index contributed by atoms with van der Waals surface area (Å²) in [4.78, 5) is 40.3. The Morgan fingerprint density at radius 3 is 2.79 bits per heavy atom. The number of aryl methyl sites for hydroxylation is 1. The summed E-state index contributed by atoms with van der Waals surface area (Å²) in [6.07, 6.45) is 6.44. The van der Waals surface area contributed by atoms with Crippen LogP contribution < -0.4 is 5.32 Å². The molecule has 7 nitrogen and oxygen atoms in total. The zero-order valence-corrected chi connectivity index (χ0v) is 23.2. The first kappa shape index (κ1) is 26.8. The Balaban J connectivity index is 1.40. The molecule has 2 saturated heterocycles. The highest BCUT2D eigenvalue weighted by atomic mass is 35.5. The van der Waals surface area contributed by atoms with E-state index in [9.17, 15) is 14.4 Å². The van der Waals surface area contributed by atoms with Gasteiger partial charge in [-0.1, -0.05) is 54.4 Å². The Hall–Kier alpha value is -2.78. The van der Waals surface area contributed by atoms with Crippen LogP contribution in [0.15, 0.2) is 47.5 Å². The molecule has 5 rings (SSSR count). The van der Waals surface area contributed by atoms with Crippen molar-refractivity contribution in [2.75, 3.05) is 13.2 Å². The zero-order chi connectivity index (χ0) is 26.8. The van der Waals surface area contributed by atoms with Crippen molar-refractivity contribution < 1.29 is 19.1 Å². The lowest BCUT2D eigenvalue weighted by atomic mass is 10.1. The number of rotatable bonds is 8. The van der Waals surface area contributed by atoms with Gasteiger partial charge in [-0.15, -0.1) is 0 Å². The van der Waals surface area contributed by atoms with Gasteiger partial charge in [-0.05, 0) is 60.4 Å². The van der Waals surface area contributed by atoms with Crippen molar-refractivity contribution in [3.63, 3.8) is 0 Å². The van der Waals surface area contributed by atoms with Gasteiger partial charge in [-0.25, -0.2) is 0 Å². The number of imide groups is 1. The Morgan fingerprint density at radius 1 is 1.21 bits per heavy atom. The number of ether oxygens (including phenoxy) is 1. The minimum Gasteiger partial charge on any atom is -0.376 e. The van der Waals surface area contributed by atoms with E-state index in [1.807, 2.05) is 29.0 Å². The molecule has 0 bridgehead atoms. The number of benzene rings is 2. The number of nitrogens with one attached hydrogen (secondary N) is 1. The summed E-state index contributed by atoms with van der Waals surface area (Å²) in [5.41, 5.74) is 3.45. The van der Waals surface area contributed by atoms with Crippen LogP contribution >= 0.6 is 35.0 Å². The molecule has 38 heavy (non-hydrogen) atoms. The first-order chi connectivity index (χ1) is 18.3. The van der Waals surface area contributed by atoms with Gasteiger partial charge in [-0.3, -0.25) is 19.3 Å². The fourth-order valence-corrected chi connectivity index (χ4v) is 6.13. The summed E-state index contributed by atoms with van der Waals surface area (Å²) < 4.78 is 7.53. The molecular weight excluding hydrogens is 545 g/mol. The van der Waals surface area contributed by atoms with E-state index in [1.54, 1.807) is 24.3 Å². The number of nitrogens with zero attached hydrogens (tertiary/aromatic N) is 2. The highest BCUT2D eigenvalue weighted by molar-refractivity contribution is 8.18. The SMILES string of the molecule is CCc1cccc2c(/C=C3\SC(=O)N(Cc4ccc(Cl)cc4Cl)C3=O)cn(CC(=O)NC[C@H]3CCCO3)c12. The van der Waals surface area contributed by atoms with Gasteiger partial charge in [0, 0.05) is 40.3 Å². The Bertz CT molecular complexity index is 1450. The monoisotopic (exact) mass is 571 g/mol. The van der Waals surface area contributed by atoms with Crippen molar-refractivity contribution in [3.8, 4) is 0 Å². The number of thioether (sulfide) groups is 1. The predicted molar refractivity (Wildman–Crippen MR) is 151 cm³/mol. The maximum atomic E-state index is 13.2. The maximum absolute atomic E-state index is 13.2. The lowest BCUT2D eigenvalue weighted by Crippen LogP contribution is -2.34. The Morgan fingerprint density at radius 2 is 2.05 bits per heavy atom. The molecule has 10 heteroatoms. The third kappa shape index (κ3) is 5.64. The molecule has 3 heterocycles. The molecule has 0 saturated carbocycles. The molecule has 0 aliphatic carbocycles. The van der Waals surface area contributed by atoms with Crippen molar-refractivity contribution in [1.29, 1.82) is 0 Å². The van der Waals surface area contributed by atoms with Crippen LogP contribution in [0.1, 0.15) is 36.5 Å². The van der Waals surface area contributed by atoms with E-state index in [-0.39, 0.29) is 36.2 Å². The quantitative estimate of drug-likeness (QED) is 0.333. The Labute approximate surface area is 235 Å². The summed E-state index contributed by atoms with van der Waals surface area (Å²) in [6, 6.07) is 10.9. The van der Waals surface area contributed by atoms with Gasteiger partial charge >= 0.3 is 0 Å². The first-order valence-electron chi connectivity index (χ1n) is 12.5. The second-order valence-corrected chi connectivity index (χ2v) is 11.2. The molecule has 0 unspecified atom stereocenters. The van der Waals surface area contributed by atoms with Crippen molar-refractivity contribution in [1.82, 2.24) is 14.8 Å². The fraction of sp³-hybridized carbons (Fsp3) is 0.321. The van der Waals surface area contributed by atoms with Crippen LogP contribution in [-0.4, -0.2) is 45.8 Å². The van der Waals surface area contributed by atoms with Crippen molar-refractivity contribution in [2.45, 2.75) is 45.4 Å². The second kappa shape index (κ2) is 11.5. The highest BCUT2D eigenvalue weighted by Crippen LogP contribution is 2.36. The molecule has 0 spiro atoms. The molecule has 2 aromatic carbocycles. The van der Waals surface area contributed by atoms with E-state index in [2.05, 4.69) is 12.2 Å². The molecule has 198 valence electrons. The van der Waals surface area contributed by atoms with E-state index in [0.717, 1.165) is 59.7 Å². The van der Waals surface area contributed by atoms with Crippen molar-refractivity contribution in [2.24, 2.45) is 0 Å². The molecule has 0 radical (unpaired) electrons. The average molecular weight is 573 g/mol. The van der Waals surface area contributed by atoms with E-state index < -0.39 is 0 Å². The molecule has 1 aromatic heterocycles. The first-order valence-corrected chi connectivity index (χ1v) is 14.1. The third-order valence-corrected chi connectivity index (χ3v) is 8.26. The minimum absolute atomic E-state index is 0.0601. The van der Waals surface area contributed by atoms with Crippen LogP contribution in [0.4, 0.5) is 4.79 Å². The smallest absolute Gasteiger partial charge is 0.293 e. The van der Waals surface area contributed by atoms with E-state index in [1.165, 1.54) is 4.90 Å². The lowest BCUT2D eigenvalue weighted by molar-refractivity contribution is -0.123. The largest absolute Gasteiger partial charge is 0.376 e. The average Bonchev–Trinajstić information content (AvgIpc) is 3.60. The van der Waals surface area contributed by atoms with Gasteiger partial charge in [0.05, 0.1) is 23.1 Å². The van der Waals surface area contributed by atoms with E-state index in [0.29, 0.717) is 27.1 Å². The fourth-order valence-electron chi connectivity index (χ4n) is 4.83. The number of para-hydroxylation sites is 1. The maximum Gasteiger partial charge on any atom is 0.293 e. The van der Waals surface area contributed by atoms with Gasteiger partial charge in [0.1, 0.15) is 6.54 Å². The van der Waals surface area contributed by atoms with Gasteiger partial charge in [0.25, 0.3) is 11.1 Å². The lowest BCUT2D eigenvalue weighted by Gasteiger charge is -2.13.